The zero-order valence-electron chi connectivity index (χ0n) is 16.5. The van der Waals surface area contributed by atoms with E-state index in [0.717, 1.165) is 16.7 Å². The number of halogens is 1. The second-order valence-electron chi connectivity index (χ2n) is 6.34. The topological polar surface area (TPSA) is 49.7 Å². The first-order valence-corrected chi connectivity index (χ1v) is 9.98. The first-order valence-electron chi connectivity index (χ1n) is 9.09. The van der Waals surface area contributed by atoms with Crippen LogP contribution < -0.4 is 0 Å². The lowest BCUT2D eigenvalue weighted by Crippen LogP contribution is -2.16. The zero-order chi connectivity index (χ0) is 20.8. The maximum absolute atomic E-state index is 12.1. The van der Waals surface area contributed by atoms with E-state index in [-0.39, 0.29) is 30.4 Å². The Morgan fingerprint density at radius 2 is 1.89 bits per heavy atom. The van der Waals surface area contributed by atoms with Gasteiger partial charge in [0.05, 0.1) is 13.2 Å². The SMILES string of the molecule is C=Cc1ccc(COCC(CO)CSF)cc1/C=C\C.Cc1ccc(O)cc1. The van der Waals surface area contributed by atoms with Gasteiger partial charge in [-0.05, 0) is 48.7 Å². The number of allylic oxidation sites excluding steroid dienone is 1. The Morgan fingerprint density at radius 3 is 2.43 bits per heavy atom. The number of ether oxygens (including phenoxy) is 1. The van der Waals surface area contributed by atoms with E-state index >= 15 is 0 Å². The van der Waals surface area contributed by atoms with Crippen molar-refractivity contribution in [2.75, 3.05) is 19.0 Å². The number of benzene rings is 2. The third-order valence-corrected chi connectivity index (χ3v) is 4.53. The van der Waals surface area contributed by atoms with Crippen LogP contribution in [0.2, 0.25) is 0 Å². The molecule has 1 unspecified atom stereocenters. The first-order chi connectivity index (χ1) is 13.5. The summed E-state index contributed by atoms with van der Waals surface area (Å²) in [5.41, 5.74) is 4.40. The molecule has 0 aliphatic heterocycles. The highest BCUT2D eigenvalue weighted by Gasteiger charge is 2.08. The summed E-state index contributed by atoms with van der Waals surface area (Å²) in [5, 5.41) is 17.8. The molecule has 152 valence electrons. The van der Waals surface area contributed by atoms with Gasteiger partial charge in [0.2, 0.25) is 0 Å². The summed E-state index contributed by atoms with van der Waals surface area (Å²) < 4.78 is 17.7. The summed E-state index contributed by atoms with van der Waals surface area (Å²) in [6.07, 6.45) is 5.82. The van der Waals surface area contributed by atoms with E-state index in [4.69, 9.17) is 14.9 Å². The highest BCUT2D eigenvalue weighted by atomic mass is 32.2. The molecule has 0 aliphatic rings. The number of phenols is 1. The maximum Gasteiger partial charge on any atom is 0.115 e. The van der Waals surface area contributed by atoms with E-state index in [2.05, 4.69) is 12.6 Å². The highest BCUT2D eigenvalue weighted by molar-refractivity contribution is 7.94. The lowest BCUT2D eigenvalue weighted by atomic mass is 10.0. The van der Waals surface area contributed by atoms with Crippen LogP contribution >= 0.6 is 12.1 Å². The average molecular weight is 405 g/mol. The summed E-state index contributed by atoms with van der Waals surface area (Å²) in [5.74, 6) is 0.429. The molecule has 0 bridgehead atoms. The number of aliphatic hydroxyl groups excluding tert-OH is 1. The minimum Gasteiger partial charge on any atom is -0.508 e. The van der Waals surface area contributed by atoms with Crippen LogP contribution in [0.4, 0.5) is 3.89 Å². The molecular weight excluding hydrogens is 375 g/mol. The van der Waals surface area contributed by atoms with Crippen LogP contribution in [0.25, 0.3) is 12.2 Å². The van der Waals surface area contributed by atoms with E-state index in [1.807, 2.05) is 56.3 Å². The Bertz CT molecular complexity index is 708. The molecule has 2 rings (SSSR count). The predicted molar refractivity (Wildman–Crippen MR) is 118 cm³/mol. The molecule has 1 atom stereocenters. The van der Waals surface area contributed by atoms with Crippen LogP contribution in [0.5, 0.6) is 5.75 Å². The molecule has 0 amide bonds. The Kier molecular flexibility index (Phi) is 12.0. The van der Waals surface area contributed by atoms with Gasteiger partial charge in [-0.1, -0.05) is 54.6 Å². The normalized spacial score (nSPS) is 11.7. The van der Waals surface area contributed by atoms with Crippen LogP contribution in [-0.2, 0) is 11.3 Å². The van der Waals surface area contributed by atoms with E-state index < -0.39 is 0 Å². The van der Waals surface area contributed by atoms with Crippen LogP contribution in [0.3, 0.4) is 0 Å². The van der Waals surface area contributed by atoms with Crippen molar-refractivity contribution in [2.24, 2.45) is 5.92 Å². The number of hydrogen-bond donors (Lipinski definition) is 2. The summed E-state index contributed by atoms with van der Waals surface area (Å²) in [6, 6.07) is 13.1. The molecule has 0 fully saturated rings. The predicted octanol–water partition coefficient (Wildman–Crippen LogP) is 5.81. The van der Waals surface area contributed by atoms with Gasteiger partial charge in [0.1, 0.15) is 5.75 Å². The van der Waals surface area contributed by atoms with Crippen molar-refractivity contribution in [3.8, 4) is 5.75 Å². The third-order valence-electron chi connectivity index (χ3n) is 3.93. The van der Waals surface area contributed by atoms with Crippen molar-refractivity contribution in [3.05, 3.63) is 77.4 Å². The van der Waals surface area contributed by atoms with Gasteiger partial charge in [0, 0.05) is 30.4 Å². The van der Waals surface area contributed by atoms with Crippen LogP contribution in [-0.4, -0.2) is 29.2 Å². The van der Waals surface area contributed by atoms with Gasteiger partial charge >= 0.3 is 0 Å². The molecule has 28 heavy (non-hydrogen) atoms. The summed E-state index contributed by atoms with van der Waals surface area (Å²) >= 11 is 0.234. The van der Waals surface area contributed by atoms with Gasteiger partial charge in [-0.25, -0.2) is 0 Å². The fourth-order valence-corrected chi connectivity index (χ4v) is 2.73. The van der Waals surface area contributed by atoms with Crippen molar-refractivity contribution in [1.29, 1.82) is 0 Å². The first kappa shape index (κ1) is 24.0. The Balaban J connectivity index is 0.000000406. The molecular formula is C23H29FO3S. The van der Waals surface area contributed by atoms with Crippen molar-refractivity contribution < 1.29 is 18.8 Å². The maximum atomic E-state index is 12.1. The summed E-state index contributed by atoms with van der Waals surface area (Å²) in [4.78, 5) is 0. The van der Waals surface area contributed by atoms with Crippen molar-refractivity contribution in [1.82, 2.24) is 0 Å². The molecule has 3 nitrogen and oxygen atoms in total. The zero-order valence-corrected chi connectivity index (χ0v) is 17.3. The van der Waals surface area contributed by atoms with Gasteiger partial charge in [-0.2, -0.15) is 3.89 Å². The minimum atomic E-state index is -0.160. The van der Waals surface area contributed by atoms with Crippen molar-refractivity contribution >= 4 is 24.3 Å². The number of rotatable bonds is 9. The van der Waals surface area contributed by atoms with Crippen LogP contribution in [0.15, 0.2) is 55.1 Å². The molecule has 0 saturated carbocycles. The minimum absolute atomic E-state index is 0.0594. The average Bonchev–Trinajstić information content (AvgIpc) is 2.70. The second kappa shape index (κ2) is 14.0. The van der Waals surface area contributed by atoms with Gasteiger partial charge in [0.15, 0.2) is 0 Å². The molecule has 0 spiro atoms. The van der Waals surface area contributed by atoms with Crippen molar-refractivity contribution in [2.45, 2.75) is 20.5 Å². The summed E-state index contributed by atoms with van der Waals surface area (Å²) in [7, 11) is 0. The largest absolute Gasteiger partial charge is 0.508 e. The number of aliphatic hydroxyl groups is 1. The fourth-order valence-electron chi connectivity index (χ4n) is 2.35. The number of aromatic hydroxyl groups is 1. The lowest BCUT2D eigenvalue weighted by molar-refractivity contribution is 0.0711. The molecule has 2 N–H and O–H groups in total. The molecule has 0 heterocycles. The molecule has 0 aromatic heterocycles. The Labute approximate surface area is 171 Å². The molecule has 0 radical (unpaired) electrons. The number of hydrogen-bond acceptors (Lipinski definition) is 4. The lowest BCUT2D eigenvalue weighted by Gasteiger charge is -2.12. The standard InChI is InChI=1S/C16H21FO2S.C7H8O/c1-3-5-16-8-13(6-7-15(16)4-2)10-19-11-14(9-18)12-20-17;1-6-2-4-7(8)5-3-6/h3-8,14,18H,2,9-12H2,1H3;2-5,8H,1H3/b5-3-;. The molecule has 5 heteroatoms. The van der Waals surface area contributed by atoms with Crippen LogP contribution in [0.1, 0.15) is 29.2 Å². The van der Waals surface area contributed by atoms with Gasteiger partial charge < -0.3 is 14.9 Å². The van der Waals surface area contributed by atoms with Crippen LogP contribution in [0, 0.1) is 12.8 Å². The Hall–Kier alpha value is -2.08. The smallest absolute Gasteiger partial charge is 0.115 e. The van der Waals surface area contributed by atoms with E-state index in [0.29, 0.717) is 19.0 Å². The summed E-state index contributed by atoms with van der Waals surface area (Å²) in [6.45, 7) is 8.50. The molecule has 2 aromatic carbocycles. The van der Waals surface area contributed by atoms with E-state index in [1.165, 1.54) is 5.56 Å². The number of aryl methyl sites for hydroxylation is 1. The monoisotopic (exact) mass is 404 g/mol. The Morgan fingerprint density at radius 1 is 1.18 bits per heavy atom. The van der Waals surface area contributed by atoms with Gasteiger partial charge in [-0.3, -0.25) is 0 Å². The van der Waals surface area contributed by atoms with E-state index in [9.17, 15) is 3.89 Å². The van der Waals surface area contributed by atoms with Crippen molar-refractivity contribution in [3.63, 3.8) is 0 Å². The fraction of sp³-hybridized carbons (Fsp3) is 0.304. The quantitative estimate of drug-likeness (QED) is 0.554. The number of phenolic OH excluding ortho intramolecular Hbond substituents is 1. The third kappa shape index (κ3) is 9.22. The molecule has 2 aromatic rings. The molecule has 0 saturated heterocycles. The second-order valence-corrected chi connectivity index (χ2v) is 6.89. The van der Waals surface area contributed by atoms with Gasteiger partial charge in [-0.15, -0.1) is 0 Å². The molecule has 0 aliphatic carbocycles. The van der Waals surface area contributed by atoms with Gasteiger partial charge in [0.25, 0.3) is 0 Å². The highest BCUT2D eigenvalue weighted by Crippen LogP contribution is 2.17. The van der Waals surface area contributed by atoms with E-state index in [1.54, 1.807) is 12.1 Å².